The summed E-state index contributed by atoms with van der Waals surface area (Å²) in [5.74, 6) is -0.473. The minimum absolute atomic E-state index is 0.240. The average molecular weight is 418 g/mol. The van der Waals surface area contributed by atoms with Crippen LogP contribution in [0.1, 0.15) is 28.7 Å². The summed E-state index contributed by atoms with van der Waals surface area (Å²) in [5.41, 5.74) is 0.911. The Morgan fingerprint density at radius 2 is 1.75 bits per heavy atom. The molecule has 2 aromatic carbocycles. The van der Waals surface area contributed by atoms with Crippen molar-refractivity contribution in [2.24, 2.45) is 0 Å². The van der Waals surface area contributed by atoms with Crippen LogP contribution in [0, 0.1) is 0 Å². The molecule has 7 nitrogen and oxygen atoms in total. The molecule has 9 heteroatoms. The molecule has 28 heavy (non-hydrogen) atoms. The number of thioether (sulfide) groups is 1. The third-order valence-electron chi connectivity index (χ3n) is 4.14. The van der Waals surface area contributed by atoms with Crippen molar-refractivity contribution in [2.45, 2.75) is 35.0 Å². The first kappa shape index (κ1) is 20.1. The van der Waals surface area contributed by atoms with Crippen LogP contribution in [0.15, 0.2) is 64.6 Å². The number of aromatic carboxylic acids is 1. The van der Waals surface area contributed by atoms with Crippen molar-refractivity contribution in [3.05, 3.63) is 71.5 Å². The van der Waals surface area contributed by atoms with Gasteiger partial charge in [0.25, 0.3) is 0 Å². The number of carbonyl (C=O) groups is 1. The predicted molar refractivity (Wildman–Crippen MR) is 106 cm³/mol. The molecule has 0 saturated carbocycles. The van der Waals surface area contributed by atoms with Crippen LogP contribution in [0.5, 0.6) is 0 Å². The SMILES string of the molecule is CCn1c(CS(=O)(=O)c2ccccc2)nnc1SCc1ccccc1C(=O)O. The highest BCUT2D eigenvalue weighted by Gasteiger charge is 2.21. The molecule has 0 spiro atoms. The lowest BCUT2D eigenvalue weighted by atomic mass is 10.1. The Morgan fingerprint density at radius 1 is 1.07 bits per heavy atom. The molecule has 0 aliphatic heterocycles. The van der Waals surface area contributed by atoms with E-state index in [2.05, 4.69) is 10.2 Å². The molecule has 3 aromatic rings. The highest BCUT2D eigenvalue weighted by atomic mass is 32.2. The van der Waals surface area contributed by atoms with Crippen LogP contribution in [0.3, 0.4) is 0 Å². The monoisotopic (exact) mass is 417 g/mol. The Hall–Kier alpha value is -2.65. The molecule has 0 saturated heterocycles. The van der Waals surface area contributed by atoms with Crippen molar-refractivity contribution in [1.29, 1.82) is 0 Å². The normalized spacial score (nSPS) is 11.5. The van der Waals surface area contributed by atoms with Gasteiger partial charge in [0, 0.05) is 12.3 Å². The van der Waals surface area contributed by atoms with Gasteiger partial charge in [0.05, 0.1) is 10.5 Å². The molecule has 1 N–H and O–H groups in total. The largest absolute Gasteiger partial charge is 0.478 e. The second-order valence-corrected chi connectivity index (χ2v) is 8.90. The molecule has 3 rings (SSSR count). The quantitative estimate of drug-likeness (QED) is 0.561. The fourth-order valence-electron chi connectivity index (χ4n) is 2.73. The molecule has 146 valence electrons. The first-order valence-corrected chi connectivity index (χ1v) is 11.2. The van der Waals surface area contributed by atoms with Gasteiger partial charge in [-0.15, -0.1) is 10.2 Å². The molecule has 1 heterocycles. The Bertz CT molecular complexity index is 1080. The van der Waals surface area contributed by atoms with Crippen molar-refractivity contribution in [2.75, 3.05) is 0 Å². The van der Waals surface area contributed by atoms with E-state index in [1.807, 2.05) is 6.92 Å². The van der Waals surface area contributed by atoms with Crippen LogP contribution < -0.4 is 0 Å². The number of hydrogen-bond donors (Lipinski definition) is 1. The van der Waals surface area contributed by atoms with Crippen LogP contribution in [0.4, 0.5) is 0 Å². The average Bonchev–Trinajstić information content (AvgIpc) is 3.08. The van der Waals surface area contributed by atoms with Crippen LogP contribution >= 0.6 is 11.8 Å². The maximum Gasteiger partial charge on any atom is 0.335 e. The van der Waals surface area contributed by atoms with Gasteiger partial charge >= 0.3 is 5.97 Å². The summed E-state index contributed by atoms with van der Waals surface area (Å²) in [7, 11) is -3.53. The van der Waals surface area contributed by atoms with Gasteiger partial charge in [-0.05, 0) is 30.7 Å². The van der Waals surface area contributed by atoms with Gasteiger partial charge in [0.2, 0.25) is 0 Å². The first-order chi connectivity index (χ1) is 13.4. The van der Waals surface area contributed by atoms with Crippen molar-refractivity contribution in [3.8, 4) is 0 Å². The topological polar surface area (TPSA) is 102 Å². The lowest BCUT2D eigenvalue weighted by molar-refractivity contribution is 0.0696. The van der Waals surface area contributed by atoms with E-state index < -0.39 is 15.8 Å². The van der Waals surface area contributed by atoms with Gasteiger partial charge in [-0.2, -0.15) is 0 Å². The smallest absolute Gasteiger partial charge is 0.335 e. The second-order valence-electron chi connectivity index (χ2n) is 5.97. The number of aromatic nitrogens is 3. The molecule has 0 atom stereocenters. The van der Waals surface area contributed by atoms with Crippen molar-refractivity contribution < 1.29 is 18.3 Å². The maximum absolute atomic E-state index is 12.6. The summed E-state index contributed by atoms with van der Waals surface area (Å²) in [6, 6.07) is 15.0. The maximum atomic E-state index is 12.6. The molecule has 0 aliphatic rings. The fraction of sp³-hybridized carbons (Fsp3) is 0.211. The number of rotatable bonds is 8. The Labute approximate surface area is 167 Å². The molecular weight excluding hydrogens is 398 g/mol. The van der Waals surface area contributed by atoms with Gasteiger partial charge in [0.1, 0.15) is 11.6 Å². The van der Waals surface area contributed by atoms with Crippen LogP contribution in [-0.4, -0.2) is 34.3 Å². The summed E-state index contributed by atoms with van der Waals surface area (Å²) in [6.07, 6.45) is 0. The summed E-state index contributed by atoms with van der Waals surface area (Å²) in [5, 5.41) is 18.0. The van der Waals surface area contributed by atoms with Crippen LogP contribution in [-0.2, 0) is 27.9 Å². The van der Waals surface area contributed by atoms with E-state index in [0.29, 0.717) is 28.8 Å². The number of carboxylic acid groups (broad SMARTS) is 1. The zero-order valence-electron chi connectivity index (χ0n) is 15.1. The minimum atomic E-state index is -3.53. The van der Waals surface area contributed by atoms with E-state index >= 15 is 0 Å². The summed E-state index contributed by atoms with van der Waals surface area (Å²) in [4.78, 5) is 11.6. The molecule has 1 aromatic heterocycles. The predicted octanol–water partition coefficient (Wildman–Crippen LogP) is 3.26. The van der Waals surface area contributed by atoms with Gasteiger partial charge in [-0.1, -0.05) is 48.2 Å². The van der Waals surface area contributed by atoms with Crippen molar-refractivity contribution in [3.63, 3.8) is 0 Å². The lowest BCUT2D eigenvalue weighted by Crippen LogP contribution is -2.11. The highest BCUT2D eigenvalue weighted by molar-refractivity contribution is 7.98. The van der Waals surface area contributed by atoms with E-state index in [4.69, 9.17) is 0 Å². The number of benzene rings is 2. The van der Waals surface area contributed by atoms with Crippen LogP contribution in [0.25, 0.3) is 0 Å². The van der Waals surface area contributed by atoms with E-state index in [1.165, 1.54) is 11.8 Å². The molecule has 0 bridgehead atoms. The van der Waals surface area contributed by atoms with E-state index in [1.54, 1.807) is 59.2 Å². The number of sulfone groups is 1. The second kappa shape index (κ2) is 8.57. The fourth-order valence-corrected chi connectivity index (χ4v) is 5.05. The summed E-state index contributed by atoms with van der Waals surface area (Å²) in [6.45, 7) is 2.40. The van der Waals surface area contributed by atoms with E-state index in [0.717, 1.165) is 0 Å². The number of nitrogens with zero attached hydrogens (tertiary/aromatic N) is 3. The summed E-state index contributed by atoms with van der Waals surface area (Å²) >= 11 is 1.33. The third kappa shape index (κ3) is 4.42. The standard InChI is InChI=1S/C19H19N3O4S2/c1-2-22-17(13-28(25,26)15-9-4-3-5-10-15)20-21-19(22)27-12-14-8-6-7-11-16(14)18(23)24/h3-11H,2,12-13H2,1H3,(H,23,24). The molecule has 0 amide bonds. The van der Waals surface area contributed by atoms with Crippen LogP contribution in [0.2, 0.25) is 0 Å². The molecule has 0 aliphatic carbocycles. The number of carboxylic acids is 1. The molecule has 0 radical (unpaired) electrons. The van der Waals surface area contributed by atoms with Gasteiger partial charge in [0.15, 0.2) is 15.0 Å². The third-order valence-corrected chi connectivity index (χ3v) is 6.78. The minimum Gasteiger partial charge on any atom is -0.478 e. The Morgan fingerprint density at radius 3 is 2.43 bits per heavy atom. The zero-order chi connectivity index (χ0) is 20.1. The number of hydrogen-bond acceptors (Lipinski definition) is 6. The lowest BCUT2D eigenvalue weighted by Gasteiger charge is -2.09. The molecule has 0 unspecified atom stereocenters. The van der Waals surface area contributed by atoms with Crippen molar-refractivity contribution in [1.82, 2.24) is 14.8 Å². The first-order valence-electron chi connectivity index (χ1n) is 8.56. The Balaban J connectivity index is 1.80. The highest BCUT2D eigenvalue weighted by Crippen LogP contribution is 2.25. The van der Waals surface area contributed by atoms with Gasteiger partial charge in [-0.3, -0.25) is 0 Å². The molecular formula is C19H19N3O4S2. The van der Waals surface area contributed by atoms with E-state index in [9.17, 15) is 18.3 Å². The molecule has 0 fully saturated rings. The van der Waals surface area contributed by atoms with Crippen molar-refractivity contribution >= 4 is 27.6 Å². The summed E-state index contributed by atoms with van der Waals surface area (Å²) < 4.78 is 27.0. The van der Waals surface area contributed by atoms with Gasteiger partial charge in [-0.25, -0.2) is 13.2 Å². The van der Waals surface area contributed by atoms with Gasteiger partial charge < -0.3 is 9.67 Å². The Kier molecular flexibility index (Phi) is 6.15. The zero-order valence-corrected chi connectivity index (χ0v) is 16.8. The van der Waals surface area contributed by atoms with E-state index in [-0.39, 0.29) is 16.2 Å².